The molecule has 0 N–H and O–H groups in total. The van der Waals surface area contributed by atoms with Crippen molar-refractivity contribution in [3.63, 3.8) is 0 Å². The Balaban J connectivity index is 1.20. The quantitative estimate of drug-likeness (QED) is 0.140. The molecule has 0 fully saturated rings. The molecule has 9 rings (SSSR count). The molecule has 7 aromatic rings. The highest BCUT2D eigenvalue weighted by Gasteiger charge is 2.51. The van der Waals surface area contributed by atoms with E-state index in [1.165, 1.54) is 44.5 Å². The van der Waals surface area contributed by atoms with Crippen LogP contribution in [-0.4, -0.2) is 52.9 Å². The second-order valence-electron chi connectivity index (χ2n) is 13.4. The predicted octanol–water partition coefficient (Wildman–Crippen LogP) is 10.8. The zero-order valence-electron chi connectivity index (χ0n) is 30.6. The van der Waals surface area contributed by atoms with Gasteiger partial charge < -0.3 is 0 Å². The fourth-order valence-electron chi connectivity index (χ4n) is 7.93. The van der Waals surface area contributed by atoms with Crippen molar-refractivity contribution in [1.82, 2.24) is 15.0 Å². The molecule has 0 saturated heterocycles. The normalized spacial score (nSPS) is 13.6. The third kappa shape index (κ3) is 5.90. The molecular formula is C48H37N7. The van der Waals surface area contributed by atoms with E-state index in [0.717, 1.165) is 41.2 Å². The smallest absolute Gasteiger partial charge is 0.164 e. The van der Waals surface area contributed by atoms with Gasteiger partial charge in [0, 0.05) is 54.6 Å². The van der Waals surface area contributed by atoms with Crippen molar-refractivity contribution in [2.75, 3.05) is 13.1 Å². The van der Waals surface area contributed by atoms with Gasteiger partial charge in [-0.25, -0.2) is 15.0 Å². The Morgan fingerprint density at radius 1 is 0.418 bits per heavy atom. The van der Waals surface area contributed by atoms with Gasteiger partial charge in [0.25, 0.3) is 0 Å². The summed E-state index contributed by atoms with van der Waals surface area (Å²) in [6.07, 6.45) is 6.86. The maximum atomic E-state index is 5.15. The molecule has 0 saturated carbocycles. The second kappa shape index (κ2) is 14.4. The van der Waals surface area contributed by atoms with Crippen molar-refractivity contribution >= 4 is 36.2 Å². The van der Waals surface area contributed by atoms with Crippen molar-refractivity contribution in [3.05, 3.63) is 162 Å². The SMILES string of the molecule is CC/N=C\C=N\c1ccc(-c2nc(-c3ccc(/N=C/C=N\CC)cc3)nc(-c3ccc4c(c3)C3(c5ccccc5-c5ccccc53)c3ccccc3-4)n2)cc1. The molecule has 0 atom stereocenters. The summed E-state index contributed by atoms with van der Waals surface area (Å²) in [5.41, 5.74) is 14.0. The van der Waals surface area contributed by atoms with E-state index in [1.807, 2.05) is 62.4 Å². The van der Waals surface area contributed by atoms with E-state index in [9.17, 15) is 0 Å². The van der Waals surface area contributed by atoms with Gasteiger partial charge in [0.05, 0.1) is 16.8 Å². The van der Waals surface area contributed by atoms with Crippen molar-refractivity contribution in [3.8, 4) is 56.4 Å². The van der Waals surface area contributed by atoms with Crippen molar-refractivity contribution in [2.24, 2.45) is 20.0 Å². The van der Waals surface area contributed by atoms with Crippen molar-refractivity contribution in [1.29, 1.82) is 0 Å². The first-order chi connectivity index (χ1) is 27.2. The van der Waals surface area contributed by atoms with Crippen LogP contribution in [-0.2, 0) is 5.41 Å². The van der Waals surface area contributed by atoms with Crippen LogP contribution in [0.2, 0.25) is 0 Å². The Labute approximate surface area is 320 Å². The van der Waals surface area contributed by atoms with Gasteiger partial charge in [-0.15, -0.1) is 0 Å². The fraction of sp³-hybridized carbons (Fsp3) is 0.104. The largest absolute Gasteiger partial charge is 0.292 e. The molecule has 7 nitrogen and oxygen atoms in total. The van der Waals surface area contributed by atoms with E-state index in [0.29, 0.717) is 17.5 Å². The first-order valence-corrected chi connectivity index (χ1v) is 18.6. The summed E-state index contributed by atoms with van der Waals surface area (Å²) in [6.45, 7) is 5.43. The molecule has 55 heavy (non-hydrogen) atoms. The van der Waals surface area contributed by atoms with Crippen LogP contribution < -0.4 is 0 Å². The van der Waals surface area contributed by atoms with Gasteiger partial charge in [0.1, 0.15) is 0 Å². The highest BCUT2D eigenvalue weighted by Crippen LogP contribution is 2.62. The molecule has 7 heteroatoms. The van der Waals surface area contributed by atoms with E-state index in [-0.39, 0.29) is 0 Å². The minimum absolute atomic E-state index is 0.468. The van der Waals surface area contributed by atoms with Gasteiger partial charge in [-0.3, -0.25) is 20.0 Å². The second-order valence-corrected chi connectivity index (χ2v) is 13.4. The lowest BCUT2D eigenvalue weighted by molar-refractivity contribution is 0.794. The van der Waals surface area contributed by atoms with Crippen molar-refractivity contribution < 1.29 is 0 Å². The van der Waals surface area contributed by atoms with Crippen LogP contribution in [0.5, 0.6) is 0 Å². The Morgan fingerprint density at radius 3 is 1.24 bits per heavy atom. The summed E-state index contributed by atoms with van der Waals surface area (Å²) >= 11 is 0. The predicted molar refractivity (Wildman–Crippen MR) is 227 cm³/mol. The number of aromatic nitrogens is 3. The molecule has 0 radical (unpaired) electrons. The summed E-state index contributed by atoms with van der Waals surface area (Å²) in [7, 11) is 0. The minimum Gasteiger partial charge on any atom is -0.292 e. The molecule has 0 unspecified atom stereocenters. The van der Waals surface area contributed by atoms with Gasteiger partial charge in [0.2, 0.25) is 0 Å². The van der Waals surface area contributed by atoms with Crippen LogP contribution in [0.15, 0.2) is 159 Å². The number of benzene rings is 6. The van der Waals surface area contributed by atoms with Crippen LogP contribution in [0.4, 0.5) is 11.4 Å². The Bertz CT molecular complexity index is 2520. The minimum atomic E-state index is -0.468. The lowest BCUT2D eigenvalue weighted by atomic mass is 9.70. The van der Waals surface area contributed by atoms with Crippen LogP contribution in [0, 0.1) is 0 Å². The average molecular weight is 712 g/mol. The zero-order valence-corrected chi connectivity index (χ0v) is 30.6. The number of aliphatic imine (C=N–C) groups is 4. The van der Waals surface area contributed by atoms with Gasteiger partial charge in [-0.1, -0.05) is 84.9 Å². The lowest BCUT2D eigenvalue weighted by Crippen LogP contribution is -2.25. The van der Waals surface area contributed by atoms with E-state index in [2.05, 4.69) is 111 Å². The zero-order chi connectivity index (χ0) is 37.2. The number of hydrogen-bond donors (Lipinski definition) is 0. The molecule has 2 aliphatic carbocycles. The number of rotatable bonds is 9. The van der Waals surface area contributed by atoms with Crippen LogP contribution in [0.25, 0.3) is 56.4 Å². The Kier molecular flexibility index (Phi) is 8.88. The third-order valence-electron chi connectivity index (χ3n) is 10.3. The molecule has 2 aliphatic rings. The summed E-state index contributed by atoms with van der Waals surface area (Å²) in [5, 5.41) is 0. The molecule has 264 valence electrons. The summed E-state index contributed by atoms with van der Waals surface area (Å²) in [4.78, 5) is 32.8. The first kappa shape index (κ1) is 33.8. The third-order valence-corrected chi connectivity index (χ3v) is 10.3. The molecule has 1 heterocycles. The molecule has 0 bridgehead atoms. The van der Waals surface area contributed by atoms with Crippen LogP contribution in [0.3, 0.4) is 0 Å². The molecule has 0 amide bonds. The van der Waals surface area contributed by atoms with E-state index < -0.39 is 5.41 Å². The standard InChI is InChI=1S/C48H37N7/c1-3-49-27-29-51-35-22-17-32(18-23-35)45-53-46(33-19-24-36(25-20-33)52-30-28-50-4-2)55-47(54-45)34-21-26-40-39-13-7-10-16-43(39)48(44(40)31-34)41-14-8-5-11-37(41)38-12-6-9-15-42(38)48/h5-31H,3-4H2,1-2H3/b49-27-,50-28-,51-29+,52-30+. The molecule has 6 aromatic carbocycles. The number of nitrogens with zero attached hydrogens (tertiary/aromatic N) is 7. The van der Waals surface area contributed by atoms with E-state index in [4.69, 9.17) is 15.0 Å². The summed E-state index contributed by atoms with van der Waals surface area (Å²) in [5.74, 6) is 1.76. The van der Waals surface area contributed by atoms with E-state index >= 15 is 0 Å². The Hall–Kier alpha value is -6.99. The monoisotopic (exact) mass is 711 g/mol. The maximum Gasteiger partial charge on any atom is 0.164 e. The number of fused-ring (bicyclic) bond motifs is 10. The topological polar surface area (TPSA) is 88.1 Å². The Morgan fingerprint density at radius 2 is 0.800 bits per heavy atom. The average Bonchev–Trinajstić information content (AvgIpc) is 3.71. The van der Waals surface area contributed by atoms with Crippen molar-refractivity contribution in [2.45, 2.75) is 19.3 Å². The molecular weight excluding hydrogens is 675 g/mol. The molecule has 1 aromatic heterocycles. The van der Waals surface area contributed by atoms with Gasteiger partial charge in [0.15, 0.2) is 17.5 Å². The maximum absolute atomic E-state index is 5.15. The van der Waals surface area contributed by atoms with Gasteiger partial charge in [-0.2, -0.15) is 0 Å². The summed E-state index contributed by atoms with van der Waals surface area (Å²) < 4.78 is 0. The highest BCUT2D eigenvalue weighted by molar-refractivity contribution is 6.17. The van der Waals surface area contributed by atoms with Gasteiger partial charge in [-0.05, 0) is 113 Å². The summed E-state index contributed by atoms with van der Waals surface area (Å²) in [6, 6.07) is 49.1. The van der Waals surface area contributed by atoms with E-state index in [1.54, 1.807) is 24.9 Å². The number of hydrogen-bond acceptors (Lipinski definition) is 7. The fourth-order valence-corrected chi connectivity index (χ4v) is 7.93. The molecule has 0 aliphatic heterocycles. The highest BCUT2D eigenvalue weighted by atomic mass is 15.0. The molecule has 1 spiro atoms. The lowest BCUT2D eigenvalue weighted by Gasteiger charge is -2.30. The van der Waals surface area contributed by atoms with Gasteiger partial charge >= 0.3 is 0 Å². The first-order valence-electron chi connectivity index (χ1n) is 18.6. The van der Waals surface area contributed by atoms with Crippen LogP contribution in [0.1, 0.15) is 36.1 Å². The van der Waals surface area contributed by atoms with Crippen LogP contribution >= 0.6 is 0 Å².